The van der Waals surface area contributed by atoms with Crippen LogP contribution >= 0.6 is 11.6 Å². The van der Waals surface area contributed by atoms with E-state index in [1.54, 1.807) is 0 Å². The molecule has 4 N–H and O–H groups in total. The quantitative estimate of drug-likeness (QED) is 0.654. The monoisotopic (exact) mass is 217 g/mol. The Morgan fingerprint density at radius 1 is 1.36 bits per heavy atom. The average Bonchev–Trinajstić information content (AvgIpc) is 2.18. The molecule has 2 unspecified atom stereocenters. The lowest BCUT2D eigenvalue weighted by Gasteiger charge is -2.15. The van der Waals surface area contributed by atoms with E-state index in [2.05, 4.69) is 10.2 Å². The molecule has 0 spiro atoms. The van der Waals surface area contributed by atoms with Crippen LogP contribution in [0.2, 0.25) is 5.15 Å². The summed E-state index contributed by atoms with van der Waals surface area (Å²) in [6, 6.07) is 3.02. The van der Waals surface area contributed by atoms with Crippen LogP contribution in [0.5, 0.6) is 0 Å². The first-order chi connectivity index (χ1) is 6.65. The van der Waals surface area contributed by atoms with Crippen molar-refractivity contribution in [3.8, 4) is 0 Å². The summed E-state index contributed by atoms with van der Waals surface area (Å²) in [4.78, 5) is 0. The van der Waals surface area contributed by atoms with Crippen LogP contribution in [0.3, 0.4) is 0 Å². The first-order valence-corrected chi connectivity index (χ1v) is 4.58. The van der Waals surface area contributed by atoms with Crippen molar-refractivity contribution in [2.75, 3.05) is 6.54 Å². The number of aromatic nitrogens is 2. The Balaban J connectivity index is 2.68. The van der Waals surface area contributed by atoms with Gasteiger partial charge >= 0.3 is 0 Å². The van der Waals surface area contributed by atoms with Crippen molar-refractivity contribution in [2.24, 2.45) is 5.73 Å². The minimum absolute atomic E-state index is 0.245. The lowest BCUT2D eigenvalue weighted by atomic mass is 10.1. The highest BCUT2D eigenvalue weighted by molar-refractivity contribution is 6.29. The van der Waals surface area contributed by atoms with E-state index in [1.807, 2.05) is 0 Å². The molecule has 0 saturated carbocycles. The van der Waals surface area contributed by atoms with Gasteiger partial charge in [-0.05, 0) is 25.1 Å². The van der Waals surface area contributed by atoms with Crippen LogP contribution in [0.25, 0.3) is 0 Å². The number of rotatable bonds is 4. The summed E-state index contributed by atoms with van der Waals surface area (Å²) in [5.74, 6) is 0. The van der Waals surface area contributed by atoms with E-state index in [4.69, 9.17) is 17.3 Å². The minimum Gasteiger partial charge on any atom is -0.390 e. The van der Waals surface area contributed by atoms with Crippen molar-refractivity contribution >= 4 is 11.6 Å². The number of hydrogen-bond acceptors (Lipinski definition) is 5. The molecule has 0 amide bonds. The Bertz CT molecular complexity index is 280. The van der Waals surface area contributed by atoms with Gasteiger partial charge in [0.15, 0.2) is 5.15 Å². The number of aliphatic hydroxyl groups is 2. The molecule has 14 heavy (non-hydrogen) atoms. The predicted molar refractivity (Wildman–Crippen MR) is 51.7 cm³/mol. The fourth-order valence-corrected chi connectivity index (χ4v) is 1.11. The van der Waals surface area contributed by atoms with Crippen LogP contribution in [0.15, 0.2) is 12.1 Å². The molecule has 6 heteroatoms. The first-order valence-electron chi connectivity index (χ1n) is 4.20. The van der Waals surface area contributed by atoms with E-state index in [-0.39, 0.29) is 10.8 Å². The minimum atomic E-state index is -1.07. The molecule has 0 aliphatic heterocycles. The molecule has 1 rings (SSSR count). The first kappa shape index (κ1) is 11.3. The van der Waals surface area contributed by atoms with Crippen LogP contribution in [-0.2, 0) is 0 Å². The smallest absolute Gasteiger partial charge is 0.151 e. The van der Waals surface area contributed by atoms with Gasteiger partial charge < -0.3 is 15.9 Å². The van der Waals surface area contributed by atoms with Gasteiger partial charge in [-0.2, -0.15) is 5.10 Å². The van der Waals surface area contributed by atoms with Gasteiger partial charge in [0.05, 0.1) is 11.8 Å². The van der Waals surface area contributed by atoms with Gasteiger partial charge in [-0.25, -0.2) is 0 Å². The summed E-state index contributed by atoms with van der Waals surface area (Å²) >= 11 is 5.52. The summed E-state index contributed by atoms with van der Waals surface area (Å²) < 4.78 is 0. The lowest BCUT2D eigenvalue weighted by molar-refractivity contribution is 0.0120. The zero-order valence-corrected chi connectivity index (χ0v) is 8.22. The third kappa shape index (κ3) is 2.88. The molecular weight excluding hydrogens is 206 g/mol. The number of nitrogens with zero attached hydrogens (tertiary/aromatic N) is 2. The van der Waals surface area contributed by atoms with E-state index in [1.165, 1.54) is 12.1 Å². The Morgan fingerprint density at radius 3 is 2.57 bits per heavy atom. The number of nitrogens with two attached hydrogens (primary N) is 1. The second-order valence-corrected chi connectivity index (χ2v) is 3.26. The number of halogens is 1. The molecule has 1 heterocycles. The Labute approximate surface area is 86.5 Å². The van der Waals surface area contributed by atoms with Crippen molar-refractivity contribution in [2.45, 2.75) is 18.6 Å². The maximum absolute atomic E-state index is 9.56. The zero-order valence-electron chi connectivity index (χ0n) is 7.47. The van der Waals surface area contributed by atoms with Crippen LogP contribution in [0.1, 0.15) is 18.2 Å². The summed E-state index contributed by atoms with van der Waals surface area (Å²) in [7, 11) is 0. The maximum atomic E-state index is 9.56. The molecule has 0 aliphatic rings. The van der Waals surface area contributed by atoms with Crippen molar-refractivity contribution in [1.82, 2.24) is 10.2 Å². The van der Waals surface area contributed by atoms with E-state index in [0.717, 1.165) is 0 Å². The van der Waals surface area contributed by atoms with Gasteiger partial charge in [-0.15, -0.1) is 5.10 Å². The van der Waals surface area contributed by atoms with Crippen LogP contribution in [0, 0.1) is 0 Å². The molecule has 0 fully saturated rings. The van der Waals surface area contributed by atoms with Gasteiger partial charge in [0.1, 0.15) is 6.10 Å². The second kappa shape index (κ2) is 5.21. The van der Waals surface area contributed by atoms with Gasteiger partial charge in [-0.1, -0.05) is 11.6 Å². The van der Waals surface area contributed by atoms with Gasteiger partial charge in [0.2, 0.25) is 0 Å². The molecule has 0 aliphatic carbocycles. The highest BCUT2D eigenvalue weighted by Gasteiger charge is 2.18. The molecule has 1 aromatic heterocycles. The molecule has 78 valence electrons. The largest absolute Gasteiger partial charge is 0.390 e. The third-order valence-electron chi connectivity index (χ3n) is 1.78. The molecule has 0 aromatic carbocycles. The summed E-state index contributed by atoms with van der Waals surface area (Å²) in [5, 5.41) is 26.4. The van der Waals surface area contributed by atoms with E-state index < -0.39 is 12.2 Å². The molecule has 5 nitrogen and oxygen atoms in total. The zero-order chi connectivity index (χ0) is 10.6. The average molecular weight is 218 g/mol. The lowest BCUT2D eigenvalue weighted by Crippen LogP contribution is -2.22. The summed E-state index contributed by atoms with van der Waals surface area (Å²) in [5.41, 5.74) is 5.53. The Hall–Kier alpha value is -0.750. The topological polar surface area (TPSA) is 92.3 Å². The van der Waals surface area contributed by atoms with Gasteiger partial charge in [-0.3, -0.25) is 0 Å². The van der Waals surface area contributed by atoms with Crippen molar-refractivity contribution < 1.29 is 10.2 Å². The van der Waals surface area contributed by atoms with E-state index >= 15 is 0 Å². The fourth-order valence-electron chi connectivity index (χ4n) is 1.01. The van der Waals surface area contributed by atoms with Crippen molar-refractivity contribution in [1.29, 1.82) is 0 Å². The normalized spacial score (nSPS) is 15.1. The van der Waals surface area contributed by atoms with Crippen LogP contribution in [0.4, 0.5) is 0 Å². The highest BCUT2D eigenvalue weighted by atomic mass is 35.5. The standard InChI is InChI=1S/C8H12ClN3O2/c9-7-2-1-5(11-12-7)8(14)6(13)3-4-10/h1-2,6,8,13-14H,3-4,10H2. The molecule has 1 aromatic rings. The highest BCUT2D eigenvalue weighted by Crippen LogP contribution is 2.16. The Morgan fingerprint density at radius 2 is 2.07 bits per heavy atom. The summed E-state index contributed by atoms with van der Waals surface area (Å²) in [6.07, 6.45) is -1.68. The number of aliphatic hydroxyl groups excluding tert-OH is 2. The number of hydrogen-bond donors (Lipinski definition) is 3. The van der Waals surface area contributed by atoms with Gasteiger partial charge in [0.25, 0.3) is 0 Å². The molecule has 0 bridgehead atoms. The maximum Gasteiger partial charge on any atom is 0.151 e. The van der Waals surface area contributed by atoms with Crippen molar-refractivity contribution in [3.05, 3.63) is 23.0 Å². The second-order valence-electron chi connectivity index (χ2n) is 2.87. The van der Waals surface area contributed by atoms with E-state index in [9.17, 15) is 10.2 Å². The molecule has 2 atom stereocenters. The van der Waals surface area contributed by atoms with E-state index in [0.29, 0.717) is 13.0 Å². The van der Waals surface area contributed by atoms with Crippen LogP contribution in [-0.4, -0.2) is 33.1 Å². The predicted octanol–water partition coefficient (Wildman–Crippen LogP) is -0.127. The third-order valence-corrected chi connectivity index (χ3v) is 1.98. The molecule has 0 radical (unpaired) electrons. The Kier molecular flexibility index (Phi) is 4.21. The fraction of sp³-hybridized carbons (Fsp3) is 0.500. The summed E-state index contributed by atoms with van der Waals surface area (Å²) in [6.45, 7) is 0.305. The molecular formula is C8H12ClN3O2. The van der Waals surface area contributed by atoms with Crippen LogP contribution < -0.4 is 5.73 Å². The van der Waals surface area contributed by atoms with Crippen molar-refractivity contribution in [3.63, 3.8) is 0 Å². The SMILES string of the molecule is NCCC(O)C(O)c1ccc(Cl)nn1. The molecule has 0 saturated heterocycles. The van der Waals surface area contributed by atoms with Gasteiger partial charge in [0, 0.05) is 0 Å².